The number of imide groups is 1. The van der Waals surface area contributed by atoms with E-state index in [1.54, 1.807) is 6.92 Å². The molecule has 0 spiro atoms. The second-order valence-electron chi connectivity index (χ2n) is 18.3. The van der Waals surface area contributed by atoms with Crippen LogP contribution in [-0.4, -0.2) is 126 Å². The minimum absolute atomic E-state index is 0.000697. The van der Waals surface area contributed by atoms with Gasteiger partial charge in [-0.1, -0.05) is 49.0 Å². The van der Waals surface area contributed by atoms with Crippen molar-refractivity contribution in [2.24, 2.45) is 22.7 Å². The van der Waals surface area contributed by atoms with Crippen molar-refractivity contribution in [2.45, 2.75) is 98.1 Å². The molecular weight excluding hydrogens is 879 g/mol. The zero-order chi connectivity index (χ0) is 47.0. The van der Waals surface area contributed by atoms with E-state index in [1.165, 1.54) is 43.0 Å². The summed E-state index contributed by atoms with van der Waals surface area (Å²) in [4.78, 5) is 76.8. The van der Waals surface area contributed by atoms with E-state index in [2.05, 4.69) is 5.32 Å². The van der Waals surface area contributed by atoms with E-state index < -0.39 is 88.6 Å². The molecular formula is C49H54F2N2O12S. The maximum absolute atomic E-state index is 17.7. The number of carbonyl (C=O) groups excluding carboxylic acids is 6. The fourth-order valence-corrected chi connectivity index (χ4v) is 12.2. The van der Waals surface area contributed by atoms with Crippen LogP contribution in [0.2, 0.25) is 0 Å². The number of hydrogen-bond acceptors (Lipinski definition) is 13. The Morgan fingerprint density at radius 3 is 2.38 bits per heavy atom. The summed E-state index contributed by atoms with van der Waals surface area (Å²) in [6, 6.07) is 15.0. The summed E-state index contributed by atoms with van der Waals surface area (Å²) in [6.45, 7) is 3.70. The molecule has 2 aliphatic heterocycles. The Morgan fingerprint density at radius 2 is 1.65 bits per heavy atom. The number of aliphatic hydroxyl groups is 2. The van der Waals surface area contributed by atoms with Crippen LogP contribution in [-0.2, 0) is 54.1 Å². The first-order valence-electron chi connectivity index (χ1n) is 22.3. The number of hydrogen-bond donors (Lipinski definition) is 3. The van der Waals surface area contributed by atoms with E-state index in [4.69, 9.17) is 18.9 Å². The third-order valence-electron chi connectivity index (χ3n) is 14.5. The maximum atomic E-state index is 17.7. The highest BCUT2D eigenvalue weighted by molar-refractivity contribution is 7.99. The number of benzene rings is 2. The molecule has 66 heavy (non-hydrogen) atoms. The molecule has 0 unspecified atom stereocenters. The van der Waals surface area contributed by atoms with Gasteiger partial charge in [-0.2, -0.15) is 0 Å². The molecule has 1 saturated heterocycles. The highest BCUT2D eigenvalue weighted by atomic mass is 32.2. The Balaban J connectivity index is 0.801. The lowest BCUT2D eigenvalue weighted by molar-refractivity contribution is -0.235. The molecule has 4 fully saturated rings. The Labute approximate surface area is 385 Å². The number of carbonyl (C=O) groups is 6. The molecule has 0 bridgehead atoms. The van der Waals surface area contributed by atoms with Crippen molar-refractivity contribution in [1.82, 2.24) is 10.2 Å². The number of nitrogens with one attached hydrogen (secondary N) is 1. The Hall–Kier alpha value is -4.75. The molecule has 3 amide bonds. The molecule has 352 valence electrons. The van der Waals surface area contributed by atoms with Crippen molar-refractivity contribution >= 4 is 46.8 Å². The highest BCUT2D eigenvalue weighted by Crippen LogP contribution is 2.72. The summed E-state index contributed by atoms with van der Waals surface area (Å²) in [7, 11) is 0. The van der Waals surface area contributed by atoms with Gasteiger partial charge in [-0.3, -0.25) is 33.7 Å². The van der Waals surface area contributed by atoms with Crippen molar-refractivity contribution in [1.29, 1.82) is 0 Å². The van der Waals surface area contributed by atoms with Crippen LogP contribution in [0.1, 0.15) is 63.4 Å². The smallest absolute Gasteiger partial charge is 0.253 e. The molecule has 4 aliphatic carbocycles. The molecule has 0 radical (unpaired) electrons. The average molecular weight is 933 g/mol. The molecule has 8 rings (SSSR count). The third-order valence-corrected chi connectivity index (χ3v) is 15.5. The molecule has 17 heteroatoms. The van der Waals surface area contributed by atoms with Crippen LogP contribution in [0.15, 0.2) is 94.3 Å². The van der Waals surface area contributed by atoms with Crippen LogP contribution in [0.4, 0.5) is 8.78 Å². The van der Waals surface area contributed by atoms with Gasteiger partial charge in [-0.25, -0.2) is 8.78 Å². The summed E-state index contributed by atoms with van der Waals surface area (Å²) < 4.78 is 57.8. The van der Waals surface area contributed by atoms with Crippen molar-refractivity contribution < 1.29 is 66.7 Å². The number of ether oxygens (including phenoxy) is 4. The number of fused-ring (bicyclic) bond motifs is 7. The van der Waals surface area contributed by atoms with E-state index in [9.17, 15) is 39.0 Å². The number of Topliss-reactive ketones (excluding diaryl/α,β-unsaturated/α-hetero) is 2. The van der Waals surface area contributed by atoms with Crippen molar-refractivity contribution in [3.8, 4) is 0 Å². The van der Waals surface area contributed by atoms with E-state index in [0.717, 1.165) is 26.3 Å². The number of nitrogens with zero attached hydrogens (tertiary/aromatic N) is 1. The molecule has 2 aromatic carbocycles. The Bertz CT molecular complexity index is 2340. The van der Waals surface area contributed by atoms with Crippen LogP contribution in [0.5, 0.6) is 0 Å². The topological polar surface area (TPSA) is 195 Å². The van der Waals surface area contributed by atoms with Gasteiger partial charge in [0.2, 0.25) is 5.91 Å². The fourth-order valence-electron chi connectivity index (χ4n) is 11.3. The normalized spacial score (nSPS) is 33.0. The standard InChI is InChI=1S/C49H54F2N2O12S/c1-46-15-12-31(55)24-37(46)38(50)25-36-35-26-41-49(40(58)28-54,47(35,2)27-39(57)48(36,46)51)65-45(64-41)30-6-8-33(9-7-30)66-34-5-3-4-29(23-34)22-32(56)14-18-62-20-21-63-19-16-52-42(59)13-17-53-43(60)10-11-44(53)61/h3-12,15,23-24,35-36,38-39,41,45,54,57H,13-14,16-22,25-28H2,1-2H3,(H,52,59)/t35-,36-,38-,39-,41+,45+,46-,47-,48-,49+/m0/s1. The molecule has 6 aliphatic rings. The fraction of sp³-hybridized carbons (Fsp3) is 0.510. The zero-order valence-electron chi connectivity index (χ0n) is 36.8. The lowest BCUT2D eigenvalue weighted by atomic mass is 9.44. The Morgan fingerprint density at radius 1 is 0.924 bits per heavy atom. The van der Waals surface area contributed by atoms with Gasteiger partial charge in [0.05, 0.1) is 38.6 Å². The summed E-state index contributed by atoms with van der Waals surface area (Å²) in [5.74, 6) is -3.93. The minimum atomic E-state index is -2.34. The first-order chi connectivity index (χ1) is 31.5. The molecule has 10 atom stereocenters. The number of allylic oxidation sites excluding steroid dienone is 4. The number of ketones is 3. The number of rotatable bonds is 19. The Kier molecular flexibility index (Phi) is 13.8. The number of aliphatic hydroxyl groups excluding tert-OH is 2. The lowest BCUT2D eigenvalue weighted by Gasteiger charge is -2.63. The van der Waals surface area contributed by atoms with Gasteiger partial charge in [0.25, 0.3) is 11.8 Å². The van der Waals surface area contributed by atoms with E-state index in [0.29, 0.717) is 5.56 Å². The van der Waals surface area contributed by atoms with Crippen LogP contribution < -0.4 is 5.32 Å². The van der Waals surface area contributed by atoms with E-state index in [1.807, 2.05) is 48.5 Å². The first kappa shape index (κ1) is 47.7. The SMILES string of the molecule is C[C@]12C=CC(=O)C=C1[C@@H](F)C[C@H]1[C@@H]3C[C@H]4O[C@@H](c5ccc(Sc6cccc(CC(=O)CCOCCOCCNC(=O)CCN7C(=O)C=CC7=O)c6)cc5)O[C@@]4(C(=O)CO)[C@@]3(C)C[C@H](O)[C@@]12F. The summed E-state index contributed by atoms with van der Waals surface area (Å²) in [5.41, 5.74) is -5.42. The van der Waals surface area contributed by atoms with Crippen LogP contribution >= 0.6 is 11.8 Å². The molecule has 2 heterocycles. The minimum Gasteiger partial charge on any atom is -0.390 e. The van der Waals surface area contributed by atoms with Crippen LogP contribution in [0.25, 0.3) is 0 Å². The van der Waals surface area contributed by atoms with Crippen LogP contribution in [0, 0.1) is 22.7 Å². The maximum Gasteiger partial charge on any atom is 0.253 e. The quantitative estimate of drug-likeness (QED) is 0.132. The average Bonchev–Trinajstić information content (AvgIpc) is 3.92. The number of halogens is 2. The lowest BCUT2D eigenvalue weighted by Crippen LogP contribution is -2.70. The second kappa shape index (κ2) is 19.1. The van der Waals surface area contributed by atoms with E-state index in [-0.39, 0.29) is 95.3 Å². The van der Waals surface area contributed by atoms with E-state index >= 15 is 8.78 Å². The van der Waals surface area contributed by atoms with Crippen molar-refractivity contribution in [3.63, 3.8) is 0 Å². The van der Waals surface area contributed by atoms with Gasteiger partial charge in [-0.15, -0.1) is 0 Å². The van der Waals surface area contributed by atoms with Crippen molar-refractivity contribution in [2.75, 3.05) is 46.1 Å². The highest BCUT2D eigenvalue weighted by Gasteiger charge is 2.80. The van der Waals surface area contributed by atoms with Crippen LogP contribution in [0.3, 0.4) is 0 Å². The van der Waals surface area contributed by atoms with Gasteiger partial charge < -0.3 is 34.5 Å². The summed E-state index contributed by atoms with van der Waals surface area (Å²) in [6.07, 6.45) is 0.954. The number of alkyl halides is 2. The largest absolute Gasteiger partial charge is 0.390 e. The van der Waals surface area contributed by atoms with Gasteiger partial charge in [0.1, 0.15) is 18.6 Å². The van der Waals surface area contributed by atoms with Gasteiger partial charge >= 0.3 is 0 Å². The third kappa shape index (κ3) is 8.56. The van der Waals surface area contributed by atoms with Gasteiger partial charge in [-0.05, 0) is 79.7 Å². The molecule has 3 saturated carbocycles. The van der Waals surface area contributed by atoms with Crippen molar-refractivity contribution in [3.05, 3.63) is 95.6 Å². The molecule has 2 aromatic rings. The monoisotopic (exact) mass is 932 g/mol. The second-order valence-corrected chi connectivity index (χ2v) is 19.4. The summed E-state index contributed by atoms with van der Waals surface area (Å²) in [5, 5.41) is 24.8. The molecule has 0 aromatic heterocycles. The zero-order valence-corrected chi connectivity index (χ0v) is 37.6. The predicted molar refractivity (Wildman–Crippen MR) is 233 cm³/mol. The molecule has 3 N–H and O–H groups in total. The summed E-state index contributed by atoms with van der Waals surface area (Å²) >= 11 is 1.49. The predicted octanol–water partition coefficient (Wildman–Crippen LogP) is 4.45. The first-order valence-corrected chi connectivity index (χ1v) is 23.1. The van der Waals surface area contributed by atoms with Gasteiger partial charge in [0, 0.05) is 76.6 Å². The van der Waals surface area contributed by atoms with Gasteiger partial charge in [0.15, 0.2) is 29.1 Å². The molecule has 14 nitrogen and oxygen atoms in total. The number of amides is 3.